The van der Waals surface area contributed by atoms with Crippen LogP contribution in [0, 0.1) is 0 Å². The molecule has 24 heavy (non-hydrogen) atoms. The van der Waals surface area contributed by atoms with Crippen molar-refractivity contribution in [3.8, 4) is 5.75 Å². The van der Waals surface area contributed by atoms with Gasteiger partial charge in [-0.05, 0) is 24.6 Å². The van der Waals surface area contributed by atoms with Crippen molar-refractivity contribution in [2.45, 2.75) is 6.42 Å². The van der Waals surface area contributed by atoms with Crippen molar-refractivity contribution in [3.63, 3.8) is 0 Å². The van der Waals surface area contributed by atoms with Gasteiger partial charge in [-0.2, -0.15) is 0 Å². The number of hydrogen-bond acceptors (Lipinski definition) is 5. The maximum atomic E-state index is 12.3. The summed E-state index contributed by atoms with van der Waals surface area (Å²) in [4.78, 5) is 35.8. The molecule has 0 aromatic heterocycles. The summed E-state index contributed by atoms with van der Waals surface area (Å²) in [5.41, 5.74) is 0.313. The Balaban J connectivity index is 2.54. The van der Waals surface area contributed by atoms with Crippen LogP contribution >= 0.6 is 0 Å². The molecule has 2 N–H and O–H groups in total. The maximum Gasteiger partial charge on any atom is 0.341 e. The molecule has 8 nitrogen and oxygen atoms in total. The van der Waals surface area contributed by atoms with Gasteiger partial charge in [0, 0.05) is 32.9 Å². The first-order chi connectivity index (χ1) is 11.4. The van der Waals surface area contributed by atoms with Crippen molar-refractivity contribution < 1.29 is 29.0 Å². The van der Waals surface area contributed by atoms with Crippen molar-refractivity contribution in [2.24, 2.45) is 0 Å². The van der Waals surface area contributed by atoms with E-state index in [4.69, 9.17) is 14.6 Å². The average Bonchev–Trinajstić information content (AvgIpc) is 2.56. The zero-order valence-electron chi connectivity index (χ0n) is 13.8. The number of carbonyl (C=O) groups is 3. The lowest BCUT2D eigenvalue weighted by Gasteiger charge is -2.17. The van der Waals surface area contributed by atoms with Gasteiger partial charge in [0.1, 0.15) is 5.75 Å². The summed E-state index contributed by atoms with van der Waals surface area (Å²) in [7, 11) is 3.10. The van der Waals surface area contributed by atoms with Crippen LogP contribution in [0.4, 0.5) is 0 Å². The zero-order valence-corrected chi connectivity index (χ0v) is 13.8. The zero-order chi connectivity index (χ0) is 17.9. The molecule has 0 saturated heterocycles. The molecule has 1 rings (SSSR count). The van der Waals surface area contributed by atoms with Gasteiger partial charge in [0.2, 0.25) is 5.91 Å². The number of ether oxygens (including phenoxy) is 2. The van der Waals surface area contributed by atoms with E-state index in [2.05, 4.69) is 5.32 Å². The maximum absolute atomic E-state index is 12.3. The van der Waals surface area contributed by atoms with Gasteiger partial charge in [0.25, 0.3) is 5.91 Å². The molecule has 1 aromatic carbocycles. The molecule has 132 valence electrons. The van der Waals surface area contributed by atoms with Gasteiger partial charge in [-0.3, -0.25) is 9.59 Å². The third kappa shape index (κ3) is 7.10. The number of benzene rings is 1. The van der Waals surface area contributed by atoms with Crippen LogP contribution in [0.15, 0.2) is 24.3 Å². The van der Waals surface area contributed by atoms with E-state index in [1.54, 1.807) is 25.3 Å². The van der Waals surface area contributed by atoms with E-state index in [-0.39, 0.29) is 24.1 Å². The minimum Gasteiger partial charge on any atom is -0.482 e. The highest BCUT2D eigenvalue weighted by Gasteiger charge is 2.15. The summed E-state index contributed by atoms with van der Waals surface area (Å²) in [5.74, 6) is -1.45. The fraction of sp³-hybridized carbons (Fsp3) is 0.438. The Morgan fingerprint density at radius 1 is 1.29 bits per heavy atom. The van der Waals surface area contributed by atoms with Gasteiger partial charge in [-0.1, -0.05) is 6.07 Å². The highest BCUT2D eigenvalue weighted by molar-refractivity contribution is 5.96. The second kappa shape index (κ2) is 10.2. The van der Waals surface area contributed by atoms with E-state index in [1.807, 2.05) is 0 Å². The Morgan fingerprint density at radius 2 is 2.04 bits per heavy atom. The first-order valence-corrected chi connectivity index (χ1v) is 7.39. The van der Waals surface area contributed by atoms with E-state index in [1.165, 1.54) is 18.0 Å². The lowest BCUT2D eigenvalue weighted by Crippen LogP contribution is -2.38. The van der Waals surface area contributed by atoms with Crippen LogP contribution in [-0.4, -0.2) is 68.3 Å². The first-order valence-electron chi connectivity index (χ1n) is 7.39. The second-order valence-electron chi connectivity index (χ2n) is 5.07. The summed E-state index contributed by atoms with van der Waals surface area (Å²) in [5, 5.41) is 11.3. The minimum absolute atomic E-state index is 0.0774. The third-order valence-electron chi connectivity index (χ3n) is 3.02. The van der Waals surface area contributed by atoms with Crippen molar-refractivity contribution in [1.82, 2.24) is 10.2 Å². The number of aliphatic carboxylic acids is 1. The van der Waals surface area contributed by atoms with Crippen molar-refractivity contribution in [3.05, 3.63) is 29.8 Å². The van der Waals surface area contributed by atoms with Gasteiger partial charge in [-0.15, -0.1) is 0 Å². The molecule has 0 bridgehead atoms. The number of amides is 2. The quantitative estimate of drug-likeness (QED) is 0.597. The van der Waals surface area contributed by atoms with E-state index in [0.717, 1.165) is 0 Å². The fourth-order valence-corrected chi connectivity index (χ4v) is 1.87. The number of likely N-dealkylation sites (N-methyl/N-ethyl adjacent to an activating group) is 1. The molecule has 0 fully saturated rings. The molecular weight excluding hydrogens is 316 g/mol. The van der Waals surface area contributed by atoms with Crippen molar-refractivity contribution in [2.75, 3.05) is 40.5 Å². The Kier molecular flexibility index (Phi) is 8.28. The van der Waals surface area contributed by atoms with Crippen LogP contribution in [0.1, 0.15) is 16.8 Å². The molecule has 0 spiro atoms. The number of nitrogens with zero attached hydrogens (tertiary/aromatic N) is 1. The van der Waals surface area contributed by atoms with Gasteiger partial charge in [0.15, 0.2) is 6.61 Å². The number of nitrogens with one attached hydrogen (secondary N) is 1. The SMILES string of the molecule is COCCCNC(=O)CN(C)C(=O)c1cccc(OCC(=O)O)c1. The molecule has 1 aromatic rings. The molecule has 0 aliphatic carbocycles. The van der Waals surface area contributed by atoms with Crippen LogP contribution in [-0.2, 0) is 14.3 Å². The van der Waals surface area contributed by atoms with Crippen molar-refractivity contribution in [1.29, 1.82) is 0 Å². The minimum atomic E-state index is -1.10. The largest absolute Gasteiger partial charge is 0.482 e. The van der Waals surface area contributed by atoms with Crippen LogP contribution in [0.25, 0.3) is 0 Å². The van der Waals surface area contributed by atoms with Crippen molar-refractivity contribution >= 4 is 17.8 Å². The Morgan fingerprint density at radius 3 is 2.71 bits per heavy atom. The second-order valence-corrected chi connectivity index (χ2v) is 5.07. The Hall–Kier alpha value is -2.61. The van der Waals surface area contributed by atoms with Crippen LogP contribution in [0.2, 0.25) is 0 Å². The molecule has 0 saturated carbocycles. The topological polar surface area (TPSA) is 105 Å². The molecule has 0 unspecified atom stereocenters. The van der Waals surface area contributed by atoms with Crippen LogP contribution in [0.5, 0.6) is 5.75 Å². The molecule has 0 radical (unpaired) electrons. The third-order valence-corrected chi connectivity index (χ3v) is 3.02. The normalized spacial score (nSPS) is 10.1. The summed E-state index contributed by atoms with van der Waals surface area (Å²) in [6, 6.07) is 6.16. The highest BCUT2D eigenvalue weighted by atomic mass is 16.5. The lowest BCUT2D eigenvalue weighted by molar-refractivity contribution is -0.139. The summed E-state index contributed by atoms with van der Waals surface area (Å²) >= 11 is 0. The monoisotopic (exact) mass is 338 g/mol. The van der Waals surface area contributed by atoms with Gasteiger partial charge < -0.3 is 24.8 Å². The molecular formula is C16H22N2O6. The fourth-order valence-electron chi connectivity index (χ4n) is 1.87. The standard InChI is InChI=1S/C16H22N2O6/c1-18(10-14(19)17-7-4-8-23-2)16(22)12-5-3-6-13(9-12)24-11-15(20)21/h3,5-6,9H,4,7-8,10-11H2,1-2H3,(H,17,19)(H,20,21). The number of methoxy groups -OCH3 is 1. The highest BCUT2D eigenvalue weighted by Crippen LogP contribution is 2.14. The number of carbonyl (C=O) groups excluding carboxylic acids is 2. The van der Waals surface area contributed by atoms with Gasteiger partial charge in [-0.25, -0.2) is 4.79 Å². The predicted molar refractivity (Wildman–Crippen MR) is 86.0 cm³/mol. The lowest BCUT2D eigenvalue weighted by atomic mass is 10.2. The molecule has 0 aliphatic rings. The molecule has 2 amide bonds. The summed E-state index contributed by atoms with van der Waals surface area (Å²) in [6.45, 7) is 0.467. The number of carboxylic acids is 1. The van der Waals surface area contributed by atoms with Gasteiger partial charge >= 0.3 is 5.97 Å². The molecule has 0 heterocycles. The molecule has 8 heteroatoms. The summed E-state index contributed by atoms with van der Waals surface area (Å²) in [6.07, 6.45) is 0.697. The smallest absolute Gasteiger partial charge is 0.341 e. The first kappa shape index (κ1) is 19.4. The van der Waals surface area contributed by atoms with E-state index >= 15 is 0 Å². The molecule has 0 atom stereocenters. The van der Waals surface area contributed by atoms with Crippen LogP contribution < -0.4 is 10.1 Å². The predicted octanol–water partition coefficient (Wildman–Crippen LogP) is 0.375. The van der Waals surface area contributed by atoms with E-state index in [9.17, 15) is 14.4 Å². The van der Waals surface area contributed by atoms with Crippen LogP contribution in [0.3, 0.4) is 0 Å². The number of carboxylic acid groups (broad SMARTS) is 1. The summed E-state index contributed by atoms with van der Waals surface area (Å²) < 4.78 is 9.92. The van der Waals surface area contributed by atoms with E-state index < -0.39 is 12.6 Å². The Bertz CT molecular complexity index is 575. The van der Waals surface area contributed by atoms with E-state index in [0.29, 0.717) is 25.1 Å². The molecule has 0 aliphatic heterocycles. The Labute approximate surface area is 140 Å². The number of hydrogen-bond donors (Lipinski definition) is 2. The average molecular weight is 338 g/mol. The van der Waals surface area contributed by atoms with Gasteiger partial charge in [0.05, 0.1) is 6.54 Å². The number of rotatable bonds is 10.